The Balaban J connectivity index is 1.56. The van der Waals surface area contributed by atoms with Crippen LogP contribution in [0.4, 0.5) is 0 Å². The molecule has 3 aromatic carbocycles. The molecule has 2 nitrogen and oxygen atoms in total. The van der Waals surface area contributed by atoms with E-state index < -0.39 is 7.92 Å². The summed E-state index contributed by atoms with van der Waals surface area (Å²) < 4.78 is 6.10. The maximum Gasteiger partial charge on any atom is 0.227 e. The van der Waals surface area contributed by atoms with Gasteiger partial charge in [-0.2, -0.15) is 0 Å². The second kappa shape index (κ2) is 8.32. The molecule has 0 unspecified atom stereocenters. The summed E-state index contributed by atoms with van der Waals surface area (Å²) >= 11 is 1.72. The van der Waals surface area contributed by atoms with E-state index in [4.69, 9.17) is 9.73 Å². The topological polar surface area (TPSA) is 21.6 Å². The Morgan fingerprint density at radius 3 is 1.97 bits per heavy atom. The van der Waals surface area contributed by atoms with Gasteiger partial charge in [-0.3, -0.25) is 0 Å². The van der Waals surface area contributed by atoms with Gasteiger partial charge in [0.25, 0.3) is 0 Å². The molecule has 1 aliphatic rings. The molecule has 0 fully saturated rings. The van der Waals surface area contributed by atoms with Gasteiger partial charge in [0.2, 0.25) is 5.90 Å². The van der Waals surface area contributed by atoms with Crippen molar-refractivity contribution in [3.05, 3.63) is 113 Å². The van der Waals surface area contributed by atoms with Crippen LogP contribution < -0.4 is 15.9 Å². The van der Waals surface area contributed by atoms with E-state index in [-0.39, 0.29) is 6.04 Å². The second-order valence-corrected chi connectivity index (χ2v) is 9.91. The number of aliphatic imine (C=N–C) groups is 1. The van der Waals surface area contributed by atoms with E-state index >= 15 is 0 Å². The zero-order valence-corrected chi connectivity index (χ0v) is 17.5. The Morgan fingerprint density at radius 1 is 0.759 bits per heavy atom. The van der Waals surface area contributed by atoms with Crippen LogP contribution in [-0.4, -0.2) is 12.5 Å². The van der Waals surface area contributed by atoms with Crippen LogP contribution in [0, 0.1) is 0 Å². The van der Waals surface area contributed by atoms with E-state index in [1.807, 2.05) is 6.07 Å². The molecule has 0 amide bonds. The first kappa shape index (κ1) is 18.3. The Labute approximate surface area is 176 Å². The molecule has 0 bridgehead atoms. The second-order valence-electron chi connectivity index (χ2n) is 6.81. The highest BCUT2D eigenvalue weighted by molar-refractivity contribution is 7.80. The first-order valence-corrected chi connectivity index (χ1v) is 11.9. The lowest BCUT2D eigenvalue weighted by molar-refractivity contribution is 0.320. The molecule has 2 heterocycles. The normalized spacial score (nSPS) is 15.9. The highest BCUT2D eigenvalue weighted by atomic mass is 32.1. The van der Waals surface area contributed by atoms with Crippen molar-refractivity contribution in [1.82, 2.24) is 0 Å². The molecule has 0 spiro atoms. The number of nitrogens with zero attached hydrogens (tertiary/aromatic N) is 1. The lowest BCUT2D eigenvalue weighted by Crippen LogP contribution is -2.23. The van der Waals surface area contributed by atoms with Crippen LogP contribution in [0.2, 0.25) is 0 Å². The number of benzene rings is 3. The smallest absolute Gasteiger partial charge is 0.227 e. The minimum absolute atomic E-state index is 0.0702. The van der Waals surface area contributed by atoms with E-state index in [1.165, 1.54) is 21.5 Å². The van der Waals surface area contributed by atoms with Gasteiger partial charge < -0.3 is 4.74 Å². The van der Waals surface area contributed by atoms with Gasteiger partial charge >= 0.3 is 0 Å². The van der Waals surface area contributed by atoms with Gasteiger partial charge in [0.1, 0.15) is 12.6 Å². The maximum atomic E-state index is 6.10. The molecule has 4 aromatic rings. The fraction of sp³-hybridized carbons (Fsp3) is 0.0800. The molecule has 1 aromatic heterocycles. The Morgan fingerprint density at radius 2 is 1.34 bits per heavy atom. The predicted octanol–water partition coefficient (Wildman–Crippen LogP) is 5.02. The molecule has 29 heavy (non-hydrogen) atoms. The van der Waals surface area contributed by atoms with Gasteiger partial charge in [-0.25, -0.2) is 4.99 Å². The van der Waals surface area contributed by atoms with Crippen molar-refractivity contribution in [1.29, 1.82) is 0 Å². The molecule has 5 rings (SSSR count). The summed E-state index contributed by atoms with van der Waals surface area (Å²) in [7, 11) is -0.665. The van der Waals surface area contributed by atoms with Gasteiger partial charge in [0.05, 0.1) is 4.88 Å². The minimum Gasteiger partial charge on any atom is -0.474 e. The Kier molecular flexibility index (Phi) is 5.25. The summed E-state index contributed by atoms with van der Waals surface area (Å²) in [5.74, 6) is 0.781. The summed E-state index contributed by atoms with van der Waals surface area (Å²) in [6.45, 7) is 0.602. The fourth-order valence-electron chi connectivity index (χ4n) is 3.56. The maximum absolute atomic E-state index is 6.10. The van der Waals surface area contributed by atoms with E-state index in [0.717, 1.165) is 10.8 Å². The number of ether oxygens (including phenoxy) is 1. The van der Waals surface area contributed by atoms with Crippen molar-refractivity contribution in [2.24, 2.45) is 4.99 Å². The number of rotatable bonds is 5. The van der Waals surface area contributed by atoms with Crippen molar-refractivity contribution in [2.75, 3.05) is 6.61 Å². The highest BCUT2D eigenvalue weighted by Gasteiger charge is 2.28. The summed E-state index contributed by atoms with van der Waals surface area (Å²) in [5.41, 5.74) is 1.20. The Hall–Kier alpha value is -2.74. The molecular formula is C25H20NOPS. The Bertz CT molecular complexity index is 1070. The third-order valence-corrected chi connectivity index (χ3v) is 8.48. The molecule has 0 saturated heterocycles. The number of hydrogen-bond acceptors (Lipinski definition) is 3. The predicted molar refractivity (Wildman–Crippen MR) is 125 cm³/mol. The summed E-state index contributed by atoms with van der Waals surface area (Å²) in [4.78, 5) is 6.10. The van der Waals surface area contributed by atoms with Crippen molar-refractivity contribution in [3.8, 4) is 0 Å². The molecule has 0 N–H and O–H groups in total. The monoisotopic (exact) mass is 413 g/mol. The summed E-state index contributed by atoms with van der Waals surface area (Å²) in [5, 5.41) is 6.15. The van der Waals surface area contributed by atoms with Crippen LogP contribution in [-0.2, 0) is 4.74 Å². The largest absolute Gasteiger partial charge is 0.474 e. The van der Waals surface area contributed by atoms with Gasteiger partial charge in [0, 0.05) is 5.30 Å². The van der Waals surface area contributed by atoms with Crippen molar-refractivity contribution in [3.63, 3.8) is 0 Å². The van der Waals surface area contributed by atoms with Crippen LogP contribution in [0.5, 0.6) is 0 Å². The first-order chi connectivity index (χ1) is 14.4. The molecule has 4 heteroatoms. The van der Waals surface area contributed by atoms with E-state index in [9.17, 15) is 0 Å². The van der Waals surface area contributed by atoms with Crippen LogP contribution >= 0.6 is 19.3 Å². The standard InChI is InChI=1S/C25H20NOPS/c1-4-10-19(11-5-1)22-18-27-25(26-22)24-23(16-17-29-24)28(20-12-6-2-7-13-20)21-14-8-3-9-15-21/h1-17,22H,18H2/t22-/m1/s1. The first-order valence-electron chi connectivity index (χ1n) is 9.64. The third kappa shape index (κ3) is 3.76. The molecule has 0 radical (unpaired) electrons. The third-order valence-electron chi connectivity index (χ3n) is 4.94. The summed E-state index contributed by atoms with van der Waals surface area (Å²) in [6, 6.07) is 34.2. The molecule has 142 valence electrons. The number of thiophene rings is 1. The van der Waals surface area contributed by atoms with Gasteiger partial charge in [-0.15, -0.1) is 11.3 Å². The zero-order valence-electron chi connectivity index (χ0n) is 15.8. The molecule has 1 aliphatic heterocycles. The van der Waals surface area contributed by atoms with E-state index in [1.54, 1.807) is 11.3 Å². The average molecular weight is 413 g/mol. The van der Waals surface area contributed by atoms with E-state index in [0.29, 0.717) is 6.61 Å². The minimum atomic E-state index is -0.665. The van der Waals surface area contributed by atoms with Gasteiger partial charge in [0.15, 0.2) is 0 Å². The van der Waals surface area contributed by atoms with Gasteiger partial charge in [-0.05, 0) is 35.5 Å². The quantitative estimate of drug-likeness (QED) is 0.421. The van der Waals surface area contributed by atoms with Crippen LogP contribution in [0.3, 0.4) is 0 Å². The SMILES string of the molecule is c1ccc([C@H]2COC(c3sccc3P(c3ccccc3)c3ccccc3)=N2)cc1. The molecule has 0 aliphatic carbocycles. The van der Waals surface area contributed by atoms with Crippen LogP contribution in [0.25, 0.3) is 0 Å². The lowest BCUT2D eigenvalue weighted by atomic mass is 10.1. The van der Waals surface area contributed by atoms with Crippen LogP contribution in [0.15, 0.2) is 107 Å². The highest BCUT2D eigenvalue weighted by Crippen LogP contribution is 2.37. The molecular weight excluding hydrogens is 393 g/mol. The van der Waals surface area contributed by atoms with Crippen molar-refractivity contribution in [2.45, 2.75) is 6.04 Å². The van der Waals surface area contributed by atoms with Crippen LogP contribution in [0.1, 0.15) is 16.5 Å². The molecule has 1 atom stereocenters. The average Bonchev–Trinajstić information content (AvgIpc) is 3.46. The fourth-order valence-corrected chi connectivity index (χ4v) is 7.16. The van der Waals surface area contributed by atoms with E-state index in [2.05, 4.69) is 96.4 Å². The van der Waals surface area contributed by atoms with Crippen molar-refractivity contribution < 1.29 is 4.74 Å². The zero-order chi connectivity index (χ0) is 19.5. The number of hydrogen-bond donors (Lipinski definition) is 0. The van der Waals surface area contributed by atoms with Gasteiger partial charge in [-0.1, -0.05) is 91.0 Å². The summed E-state index contributed by atoms with van der Waals surface area (Å²) in [6.07, 6.45) is 0. The van der Waals surface area contributed by atoms with Crippen molar-refractivity contribution >= 4 is 41.1 Å². The molecule has 0 saturated carbocycles. The lowest BCUT2D eigenvalue weighted by Gasteiger charge is -2.19.